The molecule has 3 nitrogen and oxygen atoms in total. The monoisotopic (exact) mass is 485 g/mol. The molecule has 0 saturated carbocycles. The maximum Gasteiger partial charge on any atom is 0.0820 e. The van der Waals surface area contributed by atoms with Gasteiger partial charge in [-0.2, -0.15) is 0 Å². The number of nitrogens with zero attached hydrogens (tertiary/aromatic N) is 3. The van der Waals surface area contributed by atoms with E-state index in [1.54, 1.807) is 0 Å². The van der Waals surface area contributed by atoms with Gasteiger partial charge in [0.05, 0.1) is 35.2 Å². The van der Waals surface area contributed by atoms with Crippen LogP contribution < -0.4 is 0 Å². The molecule has 7 aromatic rings. The van der Waals surface area contributed by atoms with Crippen LogP contribution in [0.15, 0.2) is 137 Å². The molecule has 0 bridgehead atoms. The molecule has 0 fully saturated rings. The SMILES string of the molecule is C(=Nc1cccc2cc3ccccc3cc12)c1cccc(C=Nc2cccc3cc4ccccc4cc23)n1. The zero-order valence-corrected chi connectivity index (χ0v) is 20.6. The van der Waals surface area contributed by atoms with E-state index in [1.807, 2.05) is 54.9 Å². The molecule has 6 aromatic carbocycles. The van der Waals surface area contributed by atoms with E-state index in [2.05, 4.69) is 84.9 Å². The quantitative estimate of drug-likeness (QED) is 0.181. The Hall–Kier alpha value is -5.15. The predicted octanol–water partition coefficient (Wildman–Crippen LogP) is 9.20. The van der Waals surface area contributed by atoms with E-state index in [0.717, 1.165) is 33.5 Å². The third-order valence-electron chi connectivity index (χ3n) is 6.91. The van der Waals surface area contributed by atoms with Crippen LogP contribution in [-0.4, -0.2) is 17.4 Å². The van der Waals surface area contributed by atoms with Gasteiger partial charge in [0, 0.05) is 10.8 Å². The molecule has 1 heterocycles. The van der Waals surface area contributed by atoms with Crippen molar-refractivity contribution in [2.45, 2.75) is 0 Å². The summed E-state index contributed by atoms with van der Waals surface area (Å²) < 4.78 is 0. The van der Waals surface area contributed by atoms with Gasteiger partial charge in [-0.1, -0.05) is 78.9 Å². The van der Waals surface area contributed by atoms with E-state index in [0.29, 0.717) is 0 Å². The molecule has 0 N–H and O–H groups in total. The van der Waals surface area contributed by atoms with Crippen LogP contribution in [0.25, 0.3) is 43.1 Å². The van der Waals surface area contributed by atoms with Gasteiger partial charge in [-0.05, 0) is 80.8 Å². The summed E-state index contributed by atoms with van der Waals surface area (Å²) in [7, 11) is 0. The first-order chi connectivity index (χ1) is 18.8. The Morgan fingerprint density at radius 2 is 0.789 bits per heavy atom. The van der Waals surface area contributed by atoms with Crippen LogP contribution >= 0.6 is 0 Å². The van der Waals surface area contributed by atoms with Crippen molar-refractivity contribution in [3.8, 4) is 0 Å². The Bertz CT molecular complexity index is 1890. The highest BCUT2D eigenvalue weighted by molar-refractivity contribution is 6.05. The molecule has 0 aliphatic rings. The highest BCUT2D eigenvalue weighted by atomic mass is 14.8. The number of hydrogen-bond acceptors (Lipinski definition) is 3. The highest BCUT2D eigenvalue weighted by Crippen LogP contribution is 2.31. The summed E-state index contributed by atoms with van der Waals surface area (Å²) in [6.45, 7) is 0. The number of hydrogen-bond donors (Lipinski definition) is 0. The maximum atomic E-state index is 4.81. The molecular formula is C35H23N3. The van der Waals surface area contributed by atoms with Crippen molar-refractivity contribution in [2.24, 2.45) is 9.98 Å². The number of aromatic nitrogens is 1. The molecule has 0 unspecified atom stereocenters. The largest absolute Gasteiger partial charge is 0.254 e. The molecule has 0 aliphatic heterocycles. The minimum Gasteiger partial charge on any atom is -0.254 e. The summed E-state index contributed by atoms with van der Waals surface area (Å²) in [5, 5.41) is 9.49. The molecule has 38 heavy (non-hydrogen) atoms. The second-order valence-corrected chi connectivity index (χ2v) is 9.40. The van der Waals surface area contributed by atoms with Crippen LogP contribution in [0.1, 0.15) is 11.4 Å². The summed E-state index contributed by atoms with van der Waals surface area (Å²) in [6, 6.07) is 44.1. The molecule has 0 spiro atoms. The molecule has 1 aromatic heterocycles. The Morgan fingerprint density at radius 1 is 0.395 bits per heavy atom. The van der Waals surface area contributed by atoms with Gasteiger partial charge in [0.15, 0.2) is 0 Å². The van der Waals surface area contributed by atoms with Gasteiger partial charge in [0.1, 0.15) is 0 Å². The summed E-state index contributed by atoms with van der Waals surface area (Å²) in [6.07, 6.45) is 3.65. The molecule has 0 amide bonds. The van der Waals surface area contributed by atoms with Gasteiger partial charge in [0.2, 0.25) is 0 Å². The summed E-state index contributed by atoms with van der Waals surface area (Å²) >= 11 is 0. The molecule has 0 aliphatic carbocycles. The fourth-order valence-electron chi connectivity index (χ4n) is 5.01. The van der Waals surface area contributed by atoms with Crippen molar-refractivity contribution in [3.05, 3.63) is 139 Å². The van der Waals surface area contributed by atoms with Crippen molar-refractivity contribution in [1.82, 2.24) is 4.98 Å². The van der Waals surface area contributed by atoms with Gasteiger partial charge in [0.25, 0.3) is 0 Å². The second kappa shape index (κ2) is 9.38. The number of benzene rings is 6. The summed E-state index contributed by atoms with van der Waals surface area (Å²) in [5.41, 5.74) is 3.43. The van der Waals surface area contributed by atoms with Crippen LogP contribution in [0.5, 0.6) is 0 Å². The first-order valence-corrected chi connectivity index (χ1v) is 12.7. The van der Waals surface area contributed by atoms with Crippen molar-refractivity contribution in [2.75, 3.05) is 0 Å². The lowest BCUT2D eigenvalue weighted by Gasteiger charge is -2.05. The fourth-order valence-corrected chi connectivity index (χ4v) is 5.01. The first-order valence-electron chi connectivity index (χ1n) is 12.7. The number of aliphatic imine (C=N–C) groups is 2. The van der Waals surface area contributed by atoms with Crippen LogP contribution in [0.2, 0.25) is 0 Å². The normalized spacial score (nSPS) is 12.0. The lowest BCUT2D eigenvalue weighted by Crippen LogP contribution is -1.93. The highest BCUT2D eigenvalue weighted by Gasteiger charge is 2.04. The third-order valence-corrected chi connectivity index (χ3v) is 6.91. The van der Waals surface area contributed by atoms with Gasteiger partial charge in [-0.25, -0.2) is 4.98 Å². The second-order valence-electron chi connectivity index (χ2n) is 9.40. The Kier molecular flexibility index (Phi) is 5.45. The van der Waals surface area contributed by atoms with E-state index in [-0.39, 0.29) is 0 Å². The van der Waals surface area contributed by atoms with Crippen molar-refractivity contribution < 1.29 is 0 Å². The van der Waals surface area contributed by atoms with E-state index in [1.165, 1.54) is 32.3 Å². The zero-order valence-electron chi connectivity index (χ0n) is 20.6. The third kappa shape index (κ3) is 4.21. The van der Waals surface area contributed by atoms with E-state index >= 15 is 0 Å². The van der Waals surface area contributed by atoms with Gasteiger partial charge in [-0.15, -0.1) is 0 Å². The average Bonchev–Trinajstić information content (AvgIpc) is 2.97. The Morgan fingerprint density at radius 3 is 1.26 bits per heavy atom. The van der Waals surface area contributed by atoms with Gasteiger partial charge >= 0.3 is 0 Å². The molecule has 178 valence electrons. The molecule has 0 radical (unpaired) electrons. The zero-order chi connectivity index (χ0) is 25.3. The molecular weight excluding hydrogens is 462 g/mol. The Balaban J connectivity index is 1.20. The van der Waals surface area contributed by atoms with Crippen LogP contribution in [0.3, 0.4) is 0 Å². The maximum absolute atomic E-state index is 4.81. The van der Waals surface area contributed by atoms with Crippen LogP contribution in [0.4, 0.5) is 11.4 Å². The molecule has 0 atom stereocenters. The van der Waals surface area contributed by atoms with Crippen molar-refractivity contribution >= 4 is 66.9 Å². The lowest BCUT2D eigenvalue weighted by atomic mass is 10.0. The molecule has 7 rings (SSSR count). The van der Waals surface area contributed by atoms with Crippen LogP contribution in [-0.2, 0) is 0 Å². The lowest BCUT2D eigenvalue weighted by molar-refractivity contribution is 1.27. The van der Waals surface area contributed by atoms with Crippen LogP contribution in [0, 0.1) is 0 Å². The molecule has 3 heteroatoms. The van der Waals surface area contributed by atoms with E-state index in [9.17, 15) is 0 Å². The number of rotatable bonds is 4. The number of pyridine rings is 1. The summed E-state index contributed by atoms with van der Waals surface area (Å²) in [5.74, 6) is 0. The van der Waals surface area contributed by atoms with E-state index in [4.69, 9.17) is 15.0 Å². The molecule has 0 saturated heterocycles. The smallest absolute Gasteiger partial charge is 0.0820 e. The van der Waals surface area contributed by atoms with Gasteiger partial charge < -0.3 is 0 Å². The predicted molar refractivity (Wildman–Crippen MR) is 162 cm³/mol. The summed E-state index contributed by atoms with van der Waals surface area (Å²) in [4.78, 5) is 14.4. The average molecular weight is 486 g/mol. The van der Waals surface area contributed by atoms with Crippen molar-refractivity contribution in [1.29, 1.82) is 0 Å². The standard InChI is InChI=1S/C35H23N3/c1-3-10-26-20-32-28(18-24(26)8-1)12-5-16-34(32)36-22-30-14-7-15-31(38-30)23-37-35-17-6-13-29-19-25-9-2-4-11-27(25)21-33(29)35/h1-23H. The fraction of sp³-hybridized carbons (Fsp3) is 0. The topological polar surface area (TPSA) is 37.6 Å². The van der Waals surface area contributed by atoms with Crippen molar-refractivity contribution in [3.63, 3.8) is 0 Å². The Labute approximate surface area is 220 Å². The van der Waals surface area contributed by atoms with E-state index < -0.39 is 0 Å². The van der Waals surface area contributed by atoms with Gasteiger partial charge in [-0.3, -0.25) is 9.98 Å². The number of fused-ring (bicyclic) bond motifs is 4. The minimum atomic E-state index is 0.788. The first kappa shape index (κ1) is 22.1. The minimum absolute atomic E-state index is 0.788.